The number of amides is 1. The molecule has 0 aromatic heterocycles. The van der Waals surface area contributed by atoms with Crippen molar-refractivity contribution in [3.05, 3.63) is 0 Å². The molecule has 3 aliphatic rings. The van der Waals surface area contributed by atoms with Gasteiger partial charge < -0.3 is 10.6 Å². The van der Waals surface area contributed by atoms with Gasteiger partial charge in [-0.3, -0.25) is 4.79 Å². The summed E-state index contributed by atoms with van der Waals surface area (Å²) in [5, 5.41) is 6.64. The maximum atomic E-state index is 12.5. The van der Waals surface area contributed by atoms with E-state index in [9.17, 15) is 13.2 Å². The second-order valence-electron chi connectivity index (χ2n) is 7.19. The van der Waals surface area contributed by atoms with Crippen molar-refractivity contribution in [2.24, 2.45) is 5.92 Å². The van der Waals surface area contributed by atoms with Gasteiger partial charge in [0.2, 0.25) is 15.9 Å². The highest BCUT2D eigenvalue weighted by Gasteiger charge is 2.39. The van der Waals surface area contributed by atoms with Crippen LogP contribution in [0, 0.1) is 5.92 Å². The predicted octanol–water partition coefficient (Wildman–Crippen LogP) is 0.837. The highest BCUT2D eigenvalue weighted by Crippen LogP contribution is 2.33. The molecule has 2 aliphatic heterocycles. The Morgan fingerprint density at radius 1 is 1.17 bits per heavy atom. The minimum atomic E-state index is -3.09. The first-order chi connectivity index (χ1) is 11.0. The molecule has 2 heterocycles. The summed E-state index contributed by atoms with van der Waals surface area (Å²) < 4.78 is 25.3. The van der Waals surface area contributed by atoms with Gasteiger partial charge in [-0.2, -0.15) is 0 Å². The molecule has 1 amide bonds. The Bertz CT molecular complexity index is 515. The molecule has 0 aromatic rings. The molecule has 0 spiro atoms. The van der Waals surface area contributed by atoms with Crippen molar-refractivity contribution in [2.45, 2.75) is 70.0 Å². The van der Waals surface area contributed by atoms with Gasteiger partial charge in [0.1, 0.15) is 0 Å². The van der Waals surface area contributed by atoms with Crippen LogP contribution in [0.1, 0.15) is 51.9 Å². The number of rotatable bonds is 4. The summed E-state index contributed by atoms with van der Waals surface area (Å²) >= 11 is 0. The van der Waals surface area contributed by atoms with E-state index in [1.807, 2.05) is 0 Å². The summed E-state index contributed by atoms with van der Waals surface area (Å²) in [4.78, 5) is 12.5. The molecule has 3 unspecified atom stereocenters. The van der Waals surface area contributed by atoms with Gasteiger partial charge in [0.15, 0.2) is 0 Å². The number of nitrogens with zero attached hydrogens (tertiary/aromatic N) is 1. The van der Waals surface area contributed by atoms with Crippen LogP contribution in [0.5, 0.6) is 0 Å². The maximum absolute atomic E-state index is 12.5. The van der Waals surface area contributed by atoms with Crippen molar-refractivity contribution in [3.8, 4) is 0 Å². The summed E-state index contributed by atoms with van der Waals surface area (Å²) in [6, 6.07) is 0.576. The van der Waals surface area contributed by atoms with E-state index in [0.29, 0.717) is 37.9 Å². The molecule has 6 nitrogen and oxygen atoms in total. The van der Waals surface area contributed by atoms with E-state index in [1.165, 1.54) is 25.7 Å². The highest BCUT2D eigenvalue weighted by atomic mass is 32.2. The van der Waals surface area contributed by atoms with Gasteiger partial charge in [-0.05, 0) is 44.9 Å². The number of hydrogen-bond acceptors (Lipinski definition) is 4. The van der Waals surface area contributed by atoms with Crippen molar-refractivity contribution >= 4 is 15.9 Å². The van der Waals surface area contributed by atoms with Crippen molar-refractivity contribution in [1.82, 2.24) is 14.9 Å². The van der Waals surface area contributed by atoms with Crippen molar-refractivity contribution in [3.63, 3.8) is 0 Å². The second kappa shape index (κ2) is 7.07. The van der Waals surface area contributed by atoms with E-state index < -0.39 is 10.0 Å². The number of nitrogens with one attached hydrogen (secondary N) is 2. The number of sulfonamides is 1. The lowest BCUT2D eigenvalue weighted by atomic mass is 9.85. The molecule has 2 N–H and O–H groups in total. The van der Waals surface area contributed by atoms with Crippen molar-refractivity contribution in [2.75, 3.05) is 18.8 Å². The fraction of sp³-hybridized carbons (Fsp3) is 0.938. The molecule has 132 valence electrons. The van der Waals surface area contributed by atoms with Crippen LogP contribution < -0.4 is 10.6 Å². The Balaban J connectivity index is 1.46. The van der Waals surface area contributed by atoms with Crippen molar-refractivity contribution < 1.29 is 13.2 Å². The number of carbonyl (C=O) groups excluding carboxylic acids is 1. The normalized spacial score (nSPS) is 33.3. The van der Waals surface area contributed by atoms with Crippen LogP contribution in [0.25, 0.3) is 0 Å². The lowest BCUT2D eigenvalue weighted by molar-refractivity contribution is -0.123. The zero-order valence-electron chi connectivity index (χ0n) is 14.0. The molecule has 23 heavy (non-hydrogen) atoms. The summed E-state index contributed by atoms with van der Waals surface area (Å²) in [7, 11) is -3.09. The molecule has 0 radical (unpaired) electrons. The molecular formula is C16H29N3O3S. The average molecular weight is 343 g/mol. The van der Waals surface area contributed by atoms with Gasteiger partial charge in [-0.25, -0.2) is 12.7 Å². The smallest absolute Gasteiger partial charge is 0.237 e. The first kappa shape index (κ1) is 17.2. The van der Waals surface area contributed by atoms with Gasteiger partial charge in [-0.15, -0.1) is 0 Å². The Hall–Kier alpha value is -0.660. The average Bonchev–Trinajstić information content (AvgIpc) is 2.99. The summed E-state index contributed by atoms with van der Waals surface area (Å²) in [5.74, 6) is 0.922. The zero-order valence-corrected chi connectivity index (χ0v) is 14.8. The van der Waals surface area contributed by atoms with E-state index in [0.717, 1.165) is 6.42 Å². The molecule has 0 aromatic carbocycles. The number of hydrogen-bond donors (Lipinski definition) is 2. The molecule has 3 rings (SSSR count). The third-order valence-corrected chi connectivity index (χ3v) is 7.62. The fourth-order valence-corrected chi connectivity index (χ4v) is 5.42. The molecule has 0 bridgehead atoms. The van der Waals surface area contributed by atoms with Gasteiger partial charge >= 0.3 is 0 Å². The van der Waals surface area contributed by atoms with Crippen LogP contribution >= 0.6 is 0 Å². The van der Waals surface area contributed by atoms with Crippen LogP contribution in [0.15, 0.2) is 0 Å². The molecule has 3 fully saturated rings. The van der Waals surface area contributed by atoms with Gasteiger partial charge in [0.25, 0.3) is 0 Å². The second-order valence-corrected chi connectivity index (χ2v) is 9.45. The van der Waals surface area contributed by atoms with E-state index in [1.54, 1.807) is 11.2 Å². The summed E-state index contributed by atoms with van der Waals surface area (Å²) in [5.41, 5.74) is 0. The van der Waals surface area contributed by atoms with Crippen LogP contribution in [-0.2, 0) is 14.8 Å². The quantitative estimate of drug-likeness (QED) is 0.793. The Labute approximate surface area is 139 Å². The predicted molar refractivity (Wildman–Crippen MR) is 89.5 cm³/mol. The van der Waals surface area contributed by atoms with Crippen LogP contribution in [0.3, 0.4) is 0 Å². The minimum Gasteiger partial charge on any atom is -0.352 e. The van der Waals surface area contributed by atoms with E-state index in [4.69, 9.17) is 0 Å². The van der Waals surface area contributed by atoms with E-state index in [-0.39, 0.29) is 23.7 Å². The molecule has 1 aliphatic carbocycles. The first-order valence-electron chi connectivity index (χ1n) is 9.04. The van der Waals surface area contributed by atoms with Gasteiger partial charge in [-0.1, -0.05) is 12.8 Å². The third kappa shape index (κ3) is 3.88. The monoisotopic (exact) mass is 343 g/mol. The fourth-order valence-electron chi connectivity index (χ4n) is 4.28. The van der Waals surface area contributed by atoms with E-state index >= 15 is 0 Å². The number of fused-ring (bicyclic) bond motifs is 1. The SMILES string of the molecule is CCS(=O)(=O)N1CCC(NC(=O)C2CC3CCCCC3N2)CC1. The Morgan fingerprint density at radius 2 is 1.87 bits per heavy atom. The standard InChI is InChI=1S/C16H29N3O3S/c1-2-23(21,22)19-9-7-13(8-10-19)17-16(20)15-11-12-5-3-4-6-14(12)18-15/h12-15,18H,2-11H2,1H3,(H,17,20). The first-order valence-corrected chi connectivity index (χ1v) is 10.6. The minimum absolute atomic E-state index is 0.0551. The lowest BCUT2D eigenvalue weighted by Gasteiger charge is -2.32. The largest absolute Gasteiger partial charge is 0.352 e. The topological polar surface area (TPSA) is 78.5 Å². The van der Waals surface area contributed by atoms with Crippen LogP contribution in [0.2, 0.25) is 0 Å². The van der Waals surface area contributed by atoms with Crippen LogP contribution in [-0.4, -0.2) is 55.6 Å². The van der Waals surface area contributed by atoms with Gasteiger partial charge in [0.05, 0.1) is 11.8 Å². The van der Waals surface area contributed by atoms with Gasteiger partial charge in [0, 0.05) is 25.2 Å². The molecule has 1 saturated carbocycles. The maximum Gasteiger partial charge on any atom is 0.237 e. The zero-order chi connectivity index (χ0) is 16.4. The third-order valence-electron chi connectivity index (χ3n) is 5.74. The number of piperidine rings is 1. The number of carbonyl (C=O) groups is 1. The Morgan fingerprint density at radius 3 is 2.52 bits per heavy atom. The molecule has 3 atom stereocenters. The summed E-state index contributed by atoms with van der Waals surface area (Å²) in [6.07, 6.45) is 7.39. The molecular weight excluding hydrogens is 314 g/mol. The molecule has 7 heteroatoms. The summed E-state index contributed by atoms with van der Waals surface area (Å²) in [6.45, 7) is 2.71. The van der Waals surface area contributed by atoms with E-state index in [2.05, 4.69) is 10.6 Å². The highest BCUT2D eigenvalue weighted by molar-refractivity contribution is 7.89. The Kier molecular flexibility index (Phi) is 5.28. The molecule has 2 saturated heterocycles. The lowest BCUT2D eigenvalue weighted by Crippen LogP contribution is -2.51. The van der Waals surface area contributed by atoms with Crippen LogP contribution in [0.4, 0.5) is 0 Å². The van der Waals surface area contributed by atoms with Crippen molar-refractivity contribution in [1.29, 1.82) is 0 Å².